The van der Waals surface area contributed by atoms with Gasteiger partial charge in [0.1, 0.15) is 23.2 Å². The molecule has 2 rings (SSSR count). The first-order chi connectivity index (χ1) is 10.6. The largest absolute Gasteiger partial charge is 0.508 e. The summed E-state index contributed by atoms with van der Waals surface area (Å²) in [5.74, 6) is -0.329. The number of hydrogen-bond acceptors (Lipinski definition) is 5. The van der Waals surface area contributed by atoms with E-state index in [0.29, 0.717) is 5.56 Å². The van der Waals surface area contributed by atoms with E-state index >= 15 is 0 Å². The van der Waals surface area contributed by atoms with Crippen LogP contribution in [0.1, 0.15) is 54.9 Å². The molecule has 1 heterocycles. The molecule has 0 amide bonds. The van der Waals surface area contributed by atoms with Crippen molar-refractivity contribution in [1.82, 2.24) is 0 Å². The molecular weight excluding hydrogens is 284 g/mol. The molecule has 0 saturated carbocycles. The normalized spacial score (nSPS) is 20.1. The van der Waals surface area contributed by atoms with Crippen LogP contribution in [0.4, 0.5) is 0 Å². The van der Waals surface area contributed by atoms with E-state index in [1.165, 1.54) is 19.2 Å². The van der Waals surface area contributed by atoms with Crippen molar-refractivity contribution in [3.05, 3.63) is 29.3 Å². The molecule has 0 aliphatic carbocycles. The molecule has 0 unspecified atom stereocenters. The third kappa shape index (κ3) is 4.24. The summed E-state index contributed by atoms with van der Waals surface area (Å²) in [6, 6.07) is 2.90. The Hall–Kier alpha value is -2.01. The van der Waals surface area contributed by atoms with Gasteiger partial charge in [-0.05, 0) is 37.8 Å². The topological polar surface area (TPSA) is 65.0 Å². The Morgan fingerprint density at radius 2 is 2.09 bits per heavy atom. The predicted molar refractivity (Wildman–Crippen MR) is 82.7 cm³/mol. The molecule has 22 heavy (non-hydrogen) atoms. The summed E-state index contributed by atoms with van der Waals surface area (Å²) in [6.45, 7) is 1.88. The fourth-order valence-corrected chi connectivity index (χ4v) is 2.43. The second-order valence-electron chi connectivity index (χ2n) is 5.43. The van der Waals surface area contributed by atoms with Crippen LogP contribution in [-0.4, -0.2) is 24.3 Å². The van der Waals surface area contributed by atoms with E-state index in [0.717, 1.165) is 32.1 Å². The second-order valence-corrected chi connectivity index (χ2v) is 5.43. The molecule has 0 aromatic heterocycles. The molecule has 0 fully saturated rings. The van der Waals surface area contributed by atoms with Gasteiger partial charge in [-0.15, -0.1) is 0 Å². The van der Waals surface area contributed by atoms with Crippen LogP contribution in [0.5, 0.6) is 11.5 Å². The highest BCUT2D eigenvalue weighted by Crippen LogP contribution is 2.30. The minimum Gasteiger partial charge on any atom is -0.508 e. The Kier molecular flexibility index (Phi) is 5.83. The third-order valence-corrected chi connectivity index (χ3v) is 3.61. The summed E-state index contributed by atoms with van der Waals surface area (Å²) in [5.41, 5.74) is 0.806. The Morgan fingerprint density at radius 1 is 1.27 bits per heavy atom. The third-order valence-electron chi connectivity index (χ3n) is 3.61. The molecule has 0 radical (unpaired) electrons. The summed E-state index contributed by atoms with van der Waals surface area (Å²) in [4.78, 5) is 22.4. The number of methoxy groups -OCH3 is 1. The van der Waals surface area contributed by atoms with Crippen LogP contribution in [0.25, 0.3) is 6.08 Å². The first-order valence-electron chi connectivity index (χ1n) is 7.57. The fourth-order valence-electron chi connectivity index (χ4n) is 2.43. The van der Waals surface area contributed by atoms with E-state index in [9.17, 15) is 9.90 Å². The lowest BCUT2D eigenvalue weighted by Gasteiger charge is -2.14. The zero-order chi connectivity index (χ0) is 15.9. The number of carbonyl (C=O) groups is 1. The van der Waals surface area contributed by atoms with Crippen molar-refractivity contribution in [2.24, 2.45) is 0 Å². The van der Waals surface area contributed by atoms with Crippen molar-refractivity contribution in [2.45, 2.75) is 45.1 Å². The van der Waals surface area contributed by atoms with E-state index in [2.05, 4.69) is 0 Å². The smallest absolute Gasteiger partial charge is 0.377 e. The molecule has 1 N–H and O–H groups in total. The minimum atomic E-state index is -0.623. The average Bonchev–Trinajstić information content (AvgIpc) is 2.51. The number of ether oxygens (including phenoxy) is 1. The van der Waals surface area contributed by atoms with Crippen LogP contribution < -0.4 is 4.74 Å². The number of phenolic OH excluding ortho intramolecular Hbond substituents is 1. The van der Waals surface area contributed by atoms with Crippen LogP contribution in [0.2, 0.25) is 0 Å². The van der Waals surface area contributed by atoms with Crippen molar-refractivity contribution < 1.29 is 24.4 Å². The lowest BCUT2D eigenvalue weighted by molar-refractivity contribution is -0.271. The van der Waals surface area contributed by atoms with E-state index in [4.69, 9.17) is 14.5 Å². The highest BCUT2D eigenvalue weighted by atomic mass is 17.2. The van der Waals surface area contributed by atoms with Crippen molar-refractivity contribution in [2.75, 3.05) is 7.11 Å². The molecule has 0 spiro atoms. The van der Waals surface area contributed by atoms with Crippen LogP contribution >= 0.6 is 0 Å². The Bertz CT molecular complexity index is 550. The quantitative estimate of drug-likeness (QED) is 0.798. The predicted octanol–water partition coefficient (Wildman–Crippen LogP) is 3.86. The first-order valence-corrected chi connectivity index (χ1v) is 7.57. The summed E-state index contributed by atoms with van der Waals surface area (Å²) in [7, 11) is 1.44. The van der Waals surface area contributed by atoms with Crippen molar-refractivity contribution >= 4 is 12.0 Å². The van der Waals surface area contributed by atoms with Crippen LogP contribution in [-0.2, 0) is 9.78 Å². The lowest BCUT2D eigenvalue weighted by Crippen LogP contribution is -2.15. The van der Waals surface area contributed by atoms with Crippen LogP contribution in [0, 0.1) is 0 Å². The summed E-state index contributed by atoms with van der Waals surface area (Å²) < 4.78 is 5.19. The van der Waals surface area contributed by atoms with Gasteiger partial charge in [-0.25, -0.2) is 4.79 Å². The number of allylic oxidation sites excluding steroid dienone is 1. The number of phenols is 1. The standard InChI is InChI=1S/C17H22O5/c1-12-8-6-4-3-5-7-9-13-10-14(18)11-15(20-2)16(13)17(19)22-21-12/h7,9-12,18H,3-6,8H2,1-2H3/t12-/m0/s1. The zero-order valence-corrected chi connectivity index (χ0v) is 13.0. The summed E-state index contributed by atoms with van der Waals surface area (Å²) in [6.07, 6.45) is 8.62. The van der Waals surface area contributed by atoms with Crippen molar-refractivity contribution in [1.29, 1.82) is 0 Å². The molecule has 1 atom stereocenters. The molecule has 1 aliphatic heterocycles. The van der Waals surface area contributed by atoms with E-state index in [1.807, 2.05) is 13.0 Å². The molecule has 0 saturated heterocycles. The van der Waals surface area contributed by atoms with Crippen molar-refractivity contribution in [3.63, 3.8) is 0 Å². The highest BCUT2D eigenvalue weighted by Gasteiger charge is 2.21. The average molecular weight is 306 g/mol. The maximum atomic E-state index is 12.3. The SMILES string of the molecule is COc1cc(O)cc2c1C(=O)OO[C@@H](C)CCCCCC=C2. The molecule has 5 nitrogen and oxygen atoms in total. The molecule has 5 heteroatoms. The Labute approximate surface area is 130 Å². The molecule has 1 aliphatic rings. The lowest BCUT2D eigenvalue weighted by atomic mass is 10.0. The number of hydrogen-bond donors (Lipinski definition) is 1. The maximum Gasteiger partial charge on any atom is 0.377 e. The second kappa shape index (κ2) is 7.84. The van der Waals surface area contributed by atoms with E-state index in [-0.39, 0.29) is 23.2 Å². The zero-order valence-electron chi connectivity index (χ0n) is 13.0. The minimum absolute atomic E-state index is 0.0339. The first kappa shape index (κ1) is 16.4. The number of aromatic hydroxyl groups is 1. The van der Waals surface area contributed by atoms with Gasteiger partial charge in [-0.1, -0.05) is 25.0 Å². The number of benzene rings is 1. The Balaban J connectivity index is 2.37. The molecule has 0 bridgehead atoms. The van der Waals surface area contributed by atoms with Gasteiger partial charge in [-0.2, -0.15) is 4.89 Å². The van der Waals surface area contributed by atoms with E-state index in [1.54, 1.807) is 6.08 Å². The fraction of sp³-hybridized carbons (Fsp3) is 0.471. The molecule has 1 aromatic carbocycles. The van der Waals surface area contributed by atoms with Gasteiger partial charge >= 0.3 is 5.97 Å². The number of rotatable bonds is 1. The Morgan fingerprint density at radius 3 is 2.86 bits per heavy atom. The van der Waals surface area contributed by atoms with Gasteiger partial charge < -0.3 is 9.84 Å². The van der Waals surface area contributed by atoms with Gasteiger partial charge in [0, 0.05) is 6.07 Å². The monoisotopic (exact) mass is 306 g/mol. The van der Waals surface area contributed by atoms with Gasteiger partial charge in [0.05, 0.1) is 7.11 Å². The van der Waals surface area contributed by atoms with Gasteiger partial charge in [0.2, 0.25) is 0 Å². The summed E-state index contributed by atoms with van der Waals surface area (Å²) >= 11 is 0. The van der Waals surface area contributed by atoms with Gasteiger partial charge in [0.15, 0.2) is 0 Å². The van der Waals surface area contributed by atoms with Crippen LogP contribution in [0.15, 0.2) is 18.2 Å². The molecule has 1 aromatic rings. The van der Waals surface area contributed by atoms with Gasteiger partial charge in [-0.3, -0.25) is 4.89 Å². The summed E-state index contributed by atoms with van der Waals surface area (Å²) in [5, 5.41) is 9.76. The maximum absolute atomic E-state index is 12.3. The number of fused-ring (bicyclic) bond motifs is 1. The van der Waals surface area contributed by atoms with E-state index < -0.39 is 5.97 Å². The molecular formula is C17H22O5. The molecule has 120 valence electrons. The number of carbonyl (C=O) groups excluding carboxylic acids is 1. The van der Waals surface area contributed by atoms with Crippen molar-refractivity contribution in [3.8, 4) is 11.5 Å². The highest BCUT2D eigenvalue weighted by molar-refractivity contribution is 5.96. The van der Waals surface area contributed by atoms with Crippen LogP contribution in [0.3, 0.4) is 0 Å². The van der Waals surface area contributed by atoms with Gasteiger partial charge in [0.25, 0.3) is 0 Å².